The summed E-state index contributed by atoms with van der Waals surface area (Å²) in [6, 6.07) is 3.95. The quantitative estimate of drug-likeness (QED) is 0.559. The third kappa shape index (κ3) is 2.45. The van der Waals surface area contributed by atoms with Crippen molar-refractivity contribution in [2.75, 3.05) is 32.8 Å². The van der Waals surface area contributed by atoms with Gasteiger partial charge in [0.2, 0.25) is 0 Å². The summed E-state index contributed by atoms with van der Waals surface area (Å²) in [6.45, 7) is 6.24. The maximum absolute atomic E-state index is 12.6. The first-order valence-corrected chi connectivity index (χ1v) is 7.58. The Morgan fingerprint density at radius 2 is 2.00 bits per heavy atom. The lowest BCUT2D eigenvalue weighted by atomic mass is 10.0. The summed E-state index contributed by atoms with van der Waals surface area (Å²) in [5, 5.41) is 0. The average molecular weight is 372 g/mol. The topological polar surface area (TPSA) is 32.8 Å². The number of benzene rings is 1. The Morgan fingerprint density at radius 3 is 2.74 bits per heavy atom. The molecule has 5 heteroatoms. The molecule has 19 heavy (non-hydrogen) atoms. The van der Waals surface area contributed by atoms with Gasteiger partial charge in [-0.25, -0.2) is 3.11 Å². The van der Waals surface area contributed by atoms with Gasteiger partial charge in [0.05, 0.1) is 6.61 Å². The molecule has 2 aliphatic heterocycles. The molecule has 1 amide bonds. The van der Waals surface area contributed by atoms with E-state index < -0.39 is 0 Å². The Morgan fingerprint density at radius 1 is 1.26 bits per heavy atom. The first kappa shape index (κ1) is 13.2. The fourth-order valence-electron chi connectivity index (χ4n) is 2.71. The van der Waals surface area contributed by atoms with Crippen molar-refractivity contribution in [1.29, 1.82) is 0 Å². The van der Waals surface area contributed by atoms with Gasteiger partial charge in [-0.15, -0.1) is 0 Å². The van der Waals surface area contributed by atoms with E-state index in [0.717, 1.165) is 55.0 Å². The molecule has 0 N–H and O–H groups in total. The van der Waals surface area contributed by atoms with Gasteiger partial charge in [-0.1, -0.05) is 6.07 Å². The predicted octanol–water partition coefficient (Wildman–Crippen LogP) is 2.04. The molecule has 102 valence electrons. The highest BCUT2D eigenvalue weighted by Gasteiger charge is 2.26. The van der Waals surface area contributed by atoms with E-state index in [-0.39, 0.29) is 5.91 Å². The van der Waals surface area contributed by atoms with Gasteiger partial charge in [-0.3, -0.25) is 4.79 Å². The van der Waals surface area contributed by atoms with Crippen LogP contribution in [0.5, 0.6) is 5.75 Å². The lowest BCUT2D eigenvalue weighted by molar-refractivity contribution is 0.0710. The summed E-state index contributed by atoms with van der Waals surface area (Å²) < 4.78 is 7.87. The third-order valence-electron chi connectivity index (χ3n) is 3.80. The van der Waals surface area contributed by atoms with Crippen LogP contribution in [0.2, 0.25) is 0 Å². The van der Waals surface area contributed by atoms with Crippen molar-refractivity contribution in [1.82, 2.24) is 8.01 Å². The molecule has 0 unspecified atom stereocenters. The molecule has 0 saturated carbocycles. The second-order valence-electron chi connectivity index (χ2n) is 5.04. The minimum absolute atomic E-state index is 0.159. The molecule has 4 nitrogen and oxygen atoms in total. The summed E-state index contributed by atoms with van der Waals surface area (Å²) >= 11 is 2.31. The molecule has 1 saturated heterocycles. The molecule has 0 bridgehead atoms. The van der Waals surface area contributed by atoms with E-state index in [0.29, 0.717) is 6.61 Å². The molecule has 0 radical (unpaired) electrons. The summed E-state index contributed by atoms with van der Waals surface area (Å²) in [5.41, 5.74) is 3.06. The molecule has 0 atom stereocenters. The van der Waals surface area contributed by atoms with Crippen molar-refractivity contribution in [3.63, 3.8) is 0 Å². The number of piperazine rings is 1. The van der Waals surface area contributed by atoms with Gasteiger partial charge in [0.15, 0.2) is 0 Å². The Bertz CT molecular complexity index is 510. The molecule has 1 aromatic carbocycles. The minimum Gasteiger partial charge on any atom is -0.493 e. The number of carbonyl (C=O) groups excluding carboxylic acids is 1. The van der Waals surface area contributed by atoms with Crippen molar-refractivity contribution in [3.05, 3.63) is 28.8 Å². The van der Waals surface area contributed by atoms with Crippen LogP contribution >= 0.6 is 22.9 Å². The van der Waals surface area contributed by atoms with Gasteiger partial charge in [-0.05, 0) is 18.6 Å². The number of rotatable bonds is 1. The second-order valence-corrected chi connectivity index (χ2v) is 6.40. The summed E-state index contributed by atoms with van der Waals surface area (Å²) in [7, 11) is 0. The van der Waals surface area contributed by atoms with Gasteiger partial charge >= 0.3 is 0 Å². The zero-order chi connectivity index (χ0) is 13.4. The number of carbonyl (C=O) groups is 1. The van der Waals surface area contributed by atoms with E-state index in [1.54, 1.807) is 0 Å². The fraction of sp³-hybridized carbons (Fsp3) is 0.500. The van der Waals surface area contributed by atoms with Crippen LogP contribution in [0.25, 0.3) is 0 Å². The van der Waals surface area contributed by atoms with Crippen LogP contribution in [0.4, 0.5) is 0 Å². The fourth-order valence-corrected chi connectivity index (χ4v) is 3.14. The molecule has 1 aromatic rings. The number of hydrogen-bond acceptors (Lipinski definition) is 3. The van der Waals surface area contributed by atoms with Crippen molar-refractivity contribution < 1.29 is 9.53 Å². The number of ether oxygens (including phenoxy) is 1. The third-order valence-corrected chi connectivity index (χ3v) is 4.76. The van der Waals surface area contributed by atoms with Gasteiger partial charge in [-0.2, -0.15) is 0 Å². The zero-order valence-electron chi connectivity index (χ0n) is 11.0. The number of halogens is 1. The molecule has 1 fully saturated rings. The largest absolute Gasteiger partial charge is 0.493 e. The maximum atomic E-state index is 12.6. The normalized spacial score (nSPS) is 19.2. The minimum atomic E-state index is 0.159. The van der Waals surface area contributed by atoms with E-state index in [2.05, 4.69) is 26.0 Å². The Labute approximate surface area is 127 Å². The molecule has 0 spiro atoms. The zero-order valence-corrected chi connectivity index (χ0v) is 13.1. The highest BCUT2D eigenvalue weighted by Crippen LogP contribution is 2.32. The van der Waals surface area contributed by atoms with Crippen LogP contribution < -0.4 is 4.74 Å². The Balaban J connectivity index is 1.87. The number of aryl methyl sites for hydroxylation is 1. The highest BCUT2D eigenvalue weighted by atomic mass is 127. The van der Waals surface area contributed by atoms with E-state index in [4.69, 9.17) is 4.74 Å². The van der Waals surface area contributed by atoms with Gasteiger partial charge in [0, 0.05) is 66.6 Å². The Kier molecular flexibility index (Phi) is 3.66. The molecule has 0 aromatic heterocycles. The van der Waals surface area contributed by atoms with Crippen LogP contribution in [0, 0.1) is 6.92 Å². The first-order valence-electron chi connectivity index (χ1n) is 6.62. The number of amides is 1. The number of fused-ring (bicyclic) bond motifs is 1. The molecular formula is C14H17IN2O2. The van der Waals surface area contributed by atoms with Crippen molar-refractivity contribution in [2.45, 2.75) is 13.3 Å². The lowest BCUT2D eigenvalue weighted by Crippen LogP contribution is -2.45. The SMILES string of the molecule is Cc1ccc(C(=O)N2CCN(I)CC2)c2c1OCC2. The van der Waals surface area contributed by atoms with Crippen LogP contribution in [-0.2, 0) is 6.42 Å². The number of hydrogen-bond donors (Lipinski definition) is 0. The van der Waals surface area contributed by atoms with Gasteiger partial charge < -0.3 is 9.64 Å². The van der Waals surface area contributed by atoms with Gasteiger partial charge in [0.1, 0.15) is 5.75 Å². The number of nitrogens with zero attached hydrogens (tertiary/aromatic N) is 2. The van der Waals surface area contributed by atoms with E-state index in [1.807, 2.05) is 24.0 Å². The van der Waals surface area contributed by atoms with Crippen molar-refractivity contribution in [2.24, 2.45) is 0 Å². The molecule has 3 rings (SSSR count). The lowest BCUT2D eigenvalue weighted by Gasteiger charge is -2.31. The monoisotopic (exact) mass is 372 g/mol. The van der Waals surface area contributed by atoms with E-state index >= 15 is 0 Å². The molecule has 2 aliphatic rings. The second kappa shape index (κ2) is 5.28. The van der Waals surface area contributed by atoms with Crippen LogP contribution in [-0.4, -0.2) is 46.7 Å². The van der Waals surface area contributed by atoms with Crippen LogP contribution in [0.15, 0.2) is 12.1 Å². The highest BCUT2D eigenvalue weighted by molar-refractivity contribution is 14.1. The van der Waals surface area contributed by atoms with Crippen LogP contribution in [0.3, 0.4) is 0 Å². The molecule has 2 heterocycles. The van der Waals surface area contributed by atoms with Crippen LogP contribution in [0.1, 0.15) is 21.5 Å². The Hall–Kier alpha value is -0.820. The average Bonchev–Trinajstić information content (AvgIpc) is 2.89. The van der Waals surface area contributed by atoms with Crippen molar-refractivity contribution >= 4 is 28.8 Å². The summed E-state index contributed by atoms with van der Waals surface area (Å²) in [5.74, 6) is 1.09. The van der Waals surface area contributed by atoms with E-state index in [1.165, 1.54) is 0 Å². The molecular weight excluding hydrogens is 355 g/mol. The maximum Gasteiger partial charge on any atom is 0.254 e. The first-order chi connectivity index (χ1) is 9.16. The standard InChI is InChI=1S/C14H17IN2O2/c1-10-2-3-12(11-4-9-19-13(10)11)14(18)16-5-7-17(15)8-6-16/h2-3H,4-9H2,1H3. The predicted molar refractivity (Wildman–Crippen MR) is 81.9 cm³/mol. The summed E-state index contributed by atoms with van der Waals surface area (Å²) in [4.78, 5) is 14.6. The van der Waals surface area contributed by atoms with E-state index in [9.17, 15) is 4.79 Å². The van der Waals surface area contributed by atoms with Crippen molar-refractivity contribution in [3.8, 4) is 5.75 Å². The summed E-state index contributed by atoms with van der Waals surface area (Å²) in [6.07, 6.45) is 0.852. The molecule has 0 aliphatic carbocycles. The smallest absolute Gasteiger partial charge is 0.254 e. The van der Waals surface area contributed by atoms with Gasteiger partial charge in [0.25, 0.3) is 5.91 Å².